The highest BCUT2D eigenvalue weighted by atomic mass is 32.2. The molecule has 142 valence electrons. The Balaban J connectivity index is 2.33. The van der Waals surface area contributed by atoms with E-state index in [1.807, 2.05) is 6.07 Å². The zero-order chi connectivity index (χ0) is 20.2. The third-order valence-corrected chi connectivity index (χ3v) is 4.23. The molecule has 2 rings (SSSR count). The summed E-state index contributed by atoms with van der Waals surface area (Å²) < 4.78 is 69.2. The molecule has 1 aromatic heterocycles. The molecule has 0 spiro atoms. The average Bonchev–Trinajstić information content (AvgIpc) is 2.58. The maximum atomic E-state index is 12.5. The van der Waals surface area contributed by atoms with Crippen molar-refractivity contribution in [3.63, 3.8) is 0 Å². The summed E-state index contributed by atoms with van der Waals surface area (Å²) in [6, 6.07) is 5.18. The van der Waals surface area contributed by atoms with E-state index in [0.717, 1.165) is 12.1 Å². The van der Waals surface area contributed by atoms with Gasteiger partial charge in [0.15, 0.2) is 6.29 Å². The highest BCUT2D eigenvalue weighted by molar-refractivity contribution is 7.88. The lowest BCUT2D eigenvalue weighted by Gasteiger charge is -2.14. The molecule has 0 saturated heterocycles. The van der Waals surface area contributed by atoms with Crippen molar-refractivity contribution >= 4 is 16.4 Å². The highest BCUT2D eigenvalue weighted by Crippen LogP contribution is 2.32. The number of alkyl halides is 3. The molecular formula is C16H11F3N2O5S. The standard InChI is InChI=1S/C16H11F3N2O5S/c1-10-2-13(26-27(23,24)16(17,18)19)4-15(14(10)8-22)25-9-12-3-11(5-20)6-21-7-12/h2-4,6-8H,9H2,1H3. The van der Waals surface area contributed by atoms with Crippen LogP contribution in [0.1, 0.15) is 27.0 Å². The number of aldehydes is 1. The number of hydrogen-bond donors (Lipinski definition) is 0. The van der Waals surface area contributed by atoms with Crippen LogP contribution < -0.4 is 8.92 Å². The zero-order valence-electron chi connectivity index (χ0n) is 13.6. The number of ether oxygens (including phenoxy) is 1. The van der Waals surface area contributed by atoms with Crippen molar-refractivity contribution in [3.05, 3.63) is 52.8 Å². The van der Waals surface area contributed by atoms with E-state index in [-0.39, 0.29) is 29.0 Å². The minimum Gasteiger partial charge on any atom is -0.488 e. The van der Waals surface area contributed by atoms with Crippen molar-refractivity contribution in [1.29, 1.82) is 5.26 Å². The Kier molecular flexibility index (Phi) is 5.70. The van der Waals surface area contributed by atoms with Gasteiger partial charge in [0.1, 0.15) is 24.2 Å². The number of nitriles is 1. The Bertz CT molecular complexity index is 1010. The molecule has 1 aromatic carbocycles. The van der Waals surface area contributed by atoms with Crippen LogP contribution in [0.3, 0.4) is 0 Å². The van der Waals surface area contributed by atoms with Gasteiger partial charge in [0.2, 0.25) is 0 Å². The summed E-state index contributed by atoms with van der Waals surface area (Å²) in [6.45, 7) is 1.21. The molecule has 0 fully saturated rings. The van der Waals surface area contributed by atoms with Crippen LogP contribution in [0.4, 0.5) is 13.2 Å². The van der Waals surface area contributed by atoms with Gasteiger partial charge in [0, 0.05) is 24.0 Å². The van der Waals surface area contributed by atoms with Gasteiger partial charge in [0.05, 0.1) is 11.1 Å². The molecule has 0 N–H and O–H groups in total. The quantitative estimate of drug-likeness (QED) is 0.417. The number of benzene rings is 1. The molecule has 0 atom stereocenters. The Labute approximate surface area is 152 Å². The number of carbonyl (C=O) groups is 1. The predicted molar refractivity (Wildman–Crippen MR) is 85.5 cm³/mol. The van der Waals surface area contributed by atoms with Crippen molar-refractivity contribution in [3.8, 4) is 17.6 Å². The van der Waals surface area contributed by atoms with E-state index in [1.54, 1.807) is 0 Å². The fourth-order valence-corrected chi connectivity index (χ4v) is 2.46. The topological polar surface area (TPSA) is 106 Å². The van der Waals surface area contributed by atoms with Crippen molar-refractivity contribution in [2.24, 2.45) is 0 Å². The van der Waals surface area contributed by atoms with Crippen molar-refractivity contribution in [1.82, 2.24) is 4.98 Å². The summed E-state index contributed by atoms with van der Waals surface area (Å²) in [4.78, 5) is 15.1. The summed E-state index contributed by atoms with van der Waals surface area (Å²) in [7, 11) is -5.87. The van der Waals surface area contributed by atoms with Gasteiger partial charge in [0.25, 0.3) is 0 Å². The minimum absolute atomic E-state index is 0.0103. The molecule has 0 aliphatic rings. The van der Waals surface area contributed by atoms with Gasteiger partial charge in [-0.15, -0.1) is 0 Å². The molecule has 0 aliphatic heterocycles. The van der Waals surface area contributed by atoms with Crippen LogP contribution >= 0.6 is 0 Å². The van der Waals surface area contributed by atoms with E-state index in [2.05, 4.69) is 9.17 Å². The largest absolute Gasteiger partial charge is 0.534 e. The molecule has 0 unspecified atom stereocenters. The van der Waals surface area contributed by atoms with Crippen molar-refractivity contribution in [2.45, 2.75) is 19.0 Å². The molecule has 0 amide bonds. The van der Waals surface area contributed by atoms with Crippen LogP contribution in [-0.2, 0) is 16.7 Å². The minimum atomic E-state index is -5.87. The second-order valence-electron chi connectivity index (χ2n) is 5.24. The summed E-state index contributed by atoms with van der Waals surface area (Å²) >= 11 is 0. The predicted octanol–water partition coefficient (Wildman–Crippen LogP) is 2.88. The molecule has 11 heteroatoms. The van der Waals surface area contributed by atoms with Crippen LogP contribution in [0.15, 0.2) is 30.6 Å². The molecule has 0 radical (unpaired) electrons. The van der Waals surface area contributed by atoms with E-state index in [4.69, 9.17) is 10.00 Å². The molecule has 2 aromatic rings. The summed E-state index contributed by atoms with van der Waals surface area (Å²) in [5.41, 5.74) is -4.72. The molecule has 1 heterocycles. The Morgan fingerprint density at radius 2 is 1.96 bits per heavy atom. The summed E-state index contributed by atoms with van der Waals surface area (Å²) in [6.07, 6.45) is 3.13. The summed E-state index contributed by atoms with van der Waals surface area (Å²) in [5, 5.41) is 8.83. The molecular weight excluding hydrogens is 389 g/mol. The van der Waals surface area contributed by atoms with Crippen LogP contribution in [-0.4, -0.2) is 25.2 Å². The lowest BCUT2D eigenvalue weighted by atomic mass is 10.1. The van der Waals surface area contributed by atoms with E-state index in [9.17, 15) is 26.4 Å². The first-order valence-electron chi connectivity index (χ1n) is 7.15. The highest BCUT2D eigenvalue weighted by Gasteiger charge is 2.48. The molecule has 0 aliphatic carbocycles. The van der Waals surface area contributed by atoms with Gasteiger partial charge in [-0.3, -0.25) is 9.78 Å². The van der Waals surface area contributed by atoms with E-state index in [0.29, 0.717) is 11.8 Å². The van der Waals surface area contributed by atoms with Crippen LogP contribution in [0, 0.1) is 18.3 Å². The number of aromatic nitrogens is 1. The monoisotopic (exact) mass is 400 g/mol. The number of rotatable bonds is 6. The second-order valence-corrected chi connectivity index (χ2v) is 6.77. The SMILES string of the molecule is Cc1cc(OS(=O)(=O)C(F)(F)F)cc(OCc2cncc(C#N)c2)c1C=O. The lowest BCUT2D eigenvalue weighted by Crippen LogP contribution is -2.28. The summed E-state index contributed by atoms with van der Waals surface area (Å²) in [5.74, 6) is -0.839. The molecule has 27 heavy (non-hydrogen) atoms. The molecule has 0 bridgehead atoms. The van der Waals surface area contributed by atoms with Crippen LogP contribution in [0.5, 0.6) is 11.5 Å². The first-order chi connectivity index (χ1) is 12.6. The molecule has 7 nitrogen and oxygen atoms in total. The Morgan fingerprint density at radius 3 is 2.56 bits per heavy atom. The van der Waals surface area contributed by atoms with E-state index < -0.39 is 21.4 Å². The average molecular weight is 400 g/mol. The van der Waals surface area contributed by atoms with Crippen molar-refractivity contribution in [2.75, 3.05) is 0 Å². The fourth-order valence-electron chi connectivity index (χ4n) is 2.02. The third kappa shape index (κ3) is 4.73. The number of carbonyl (C=O) groups excluding carboxylic acids is 1. The maximum Gasteiger partial charge on any atom is 0.534 e. The second kappa shape index (κ2) is 7.63. The van der Waals surface area contributed by atoms with E-state index >= 15 is 0 Å². The number of aryl methyl sites for hydroxylation is 1. The Morgan fingerprint density at radius 1 is 1.26 bits per heavy atom. The van der Waals surface area contributed by atoms with Gasteiger partial charge < -0.3 is 8.92 Å². The first-order valence-corrected chi connectivity index (χ1v) is 8.55. The van der Waals surface area contributed by atoms with Gasteiger partial charge >= 0.3 is 15.6 Å². The van der Waals surface area contributed by atoms with Crippen molar-refractivity contribution < 1.29 is 35.3 Å². The number of nitrogens with zero attached hydrogens (tertiary/aromatic N) is 2. The smallest absolute Gasteiger partial charge is 0.488 e. The number of hydrogen-bond acceptors (Lipinski definition) is 7. The fraction of sp³-hybridized carbons (Fsp3) is 0.188. The Hall–Kier alpha value is -3.13. The molecule has 0 saturated carbocycles. The van der Waals surface area contributed by atoms with Gasteiger partial charge in [-0.05, 0) is 24.6 Å². The van der Waals surface area contributed by atoms with Crippen LogP contribution in [0.25, 0.3) is 0 Å². The lowest BCUT2D eigenvalue weighted by molar-refractivity contribution is -0.0500. The maximum absolute atomic E-state index is 12.5. The first kappa shape index (κ1) is 20.2. The zero-order valence-corrected chi connectivity index (χ0v) is 14.5. The van der Waals surface area contributed by atoms with Gasteiger partial charge in [-0.2, -0.15) is 26.9 Å². The van der Waals surface area contributed by atoms with E-state index in [1.165, 1.54) is 25.4 Å². The number of halogens is 3. The van der Waals surface area contributed by atoms with Gasteiger partial charge in [-0.25, -0.2) is 0 Å². The van der Waals surface area contributed by atoms with Gasteiger partial charge in [-0.1, -0.05) is 0 Å². The normalized spacial score (nSPS) is 11.5. The number of pyridine rings is 1. The third-order valence-electron chi connectivity index (χ3n) is 3.25. The van der Waals surface area contributed by atoms with Crippen LogP contribution in [0.2, 0.25) is 0 Å².